The van der Waals surface area contributed by atoms with E-state index in [1.807, 2.05) is 0 Å². The molecule has 2 bridgehead atoms. The van der Waals surface area contributed by atoms with Crippen LogP contribution in [0.3, 0.4) is 0 Å². The van der Waals surface area contributed by atoms with Crippen molar-refractivity contribution < 1.29 is 17.6 Å². The van der Waals surface area contributed by atoms with Gasteiger partial charge in [-0.3, -0.25) is 4.79 Å². The summed E-state index contributed by atoms with van der Waals surface area (Å²) in [6, 6.07) is 4.40. The molecule has 8 heteroatoms. The van der Waals surface area contributed by atoms with E-state index in [9.17, 15) is 17.6 Å². The fraction of sp³-hybridized carbons (Fsp3) is 0.652. The molecule has 0 spiro atoms. The quantitative estimate of drug-likeness (QED) is 0.747. The van der Waals surface area contributed by atoms with Gasteiger partial charge in [0.1, 0.15) is 16.8 Å². The van der Waals surface area contributed by atoms with Crippen LogP contribution in [0, 0.1) is 34.9 Å². The van der Waals surface area contributed by atoms with Gasteiger partial charge in [0.2, 0.25) is 15.9 Å². The number of carbonyl (C=O) groups is 1. The second-order valence-corrected chi connectivity index (χ2v) is 11.1. The molecule has 0 aromatic heterocycles. The van der Waals surface area contributed by atoms with Crippen LogP contribution in [-0.2, 0) is 14.8 Å². The first-order valence-electron chi connectivity index (χ1n) is 11.4. The Labute approximate surface area is 183 Å². The van der Waals surface area contributed by atoms with Gasteiger partial charge in [-0.2, -0.15) is 9.57 Å². The number of halogens is 1. The zero-order valence-corrected chi connectivity index (χ0v) is 18.7. The number of hydrogen-bond acceptors (Lipinski definition) is 4. The van der Waals surface area contributed by atoms with Crippen molar-refractivity contribution in [2.45, 2.75) is 75.3 Å². The van der Waals surface area contributed by atoms with Crippen molar-refractivity contribution in [2.75, 3.05) is 6.54 Å². The number of carbonyl (C=O) groups excluding carboxylic acids is 1. The molecule has 1 aromatic rings. The highest BCUT2D eigenvalue weighted by Gasteiger charge is 2.44. The summed E-state index contributed by atoms with van der Waals surface area (Å²) in [5.74, 6) is 0.415. The Hall–Kier alpha value is -1.98. The number of fused-ring (bicyclic) bond motifs is 2. The van der Waals surface area contributed by atoms with Crippen LogP contribution in [0.2, 0.25) is 0 Å². The van der Waals surface area contributed by atoms with Gasteiger partial charge in [-0.15, -0.1) is 0 Å². The summed E-state index contributed by atoms with van der Waals surface area (Å²) in [5.41, 5.74) is 0.0563. The van der Waals surface area contributed by atoms with E-state index in [0.29, 0.717) is 24.7 Å². The molecule has 2 saturated carbocycles. The summed E-state index contributed by atoms with van der Waals surface area (Å²) in [6.07, 6.45) is 7.84. The van der Waals surface area contributed by atoms with E-state index in [1.165, 1.54) is 18.9 Å². The largest absolute Gasteiger partial charge is 0.351 e. The van der Waals surface area contributed by atoms with Crippen LogP contribution >= 0.6 is 0 Å². The van der Waals surface area contributed by atoms with Crippen LogP contribution in [0.25, 0.3) is 0 Å². The van der Waals surface area contributed by atoms with Gasteiger partial charge >= 0.3 is 0 Å². The molecule has 2 aliphatic carbocycles. The molecule has 1 saturated heterocycles. The lowest BCUT2D eigenvalue weighted by atomic mass is 9.64. The normalized spacial score (nSPS) is 31.2. The Morgan fingerprint density at radius 1 is 1.26 bits per heavy atom. The number of nitriles is 1. The third-order valence-electron chi connectivity index (χ3n) is 7.46. The predicted molar refractivity (Wildman–Crippen MR) is 114 cm³/mol. The maximum atomic E-state index is 14.5. The number of nitrogens with one attached hydrogen (secondary N) is 1. The van der Waals surface area contributed by atoms with E-state index in [-0.39, 0.29) is 24.1 Å². The van der Waals surface area contributed by atoms with E-state index in [0.717, 1.165) is 48.0 Å². The second-order valence-electron chi connectivity index (χ2n) is 9.26. The lowest BCUT2D eigenvalue weighted by Gasteiger charge is -2.46. The molecule has 3 aliphatic rings. The molecule has 1 heterocycles. The average Bonchev–Trinajstić information content (AvgIpc) is 3.26. The summed E-state index contributed by atoms with van der Waals surface area (Å²) >= 11 is 0. The minimum Gasteiger partial charge on any atom is -0.351 e. The smallest absolute Gasteiger partial charge is 0.246 e. The maximum absolute atomic E-state index is 14.5. The summed E-state index contributed by atoms with van der Waals surface area (Å²) < 4.78 is 42.0. The van der Waals surface area contributed by atoms with Crippen LogP contribution < -0.4 is 5.32 Å². The van der Waals surface area contributed by atoms with Crippen LogP contribution in [0.5, 0.6) is 0 Å². The van der Waals surface area contributed by atoms with Gasteiger partial charge in [-0.1, -0.05) is 26.2 Å². The first-order valence-corrected chi connectivity index (χ1v) is 12.8. The SMILES string of the molecule is CCC1CC2CCCC(C2)C1NC(=O)[C@H]1CCCN1S(=O)(=O)c1ccc(C#N)cc1F. The van der Waals surface area contributed by atoms with Crippen LogP contribution in [0.1, 0.15) is 63.9 Å². The van der Waals surface area contributed by atoms with Gasteiger partial charge in [-0.25, -0.2) is 12.8 Å². The second kappa shape index (κ2) is 8.87. The lowest BCUT2D eigenvalue weighted by molar-refractivity contribution is -0.126. The van der Waals surface area contributed by atoms with Gasteiger partial charge in [0.05, 0.1) is 11.6 Å². The molecule has 31 heavy (non-hydrogen) atoms. The van der Waals surface area contributed by atoms with E-state index >= 15 is 0 Å². The highest BCUT2D eigenvalue weighted by atomic mass is 32.2. The van der Waals surface area contributed by atoms with Gasteiger partial charge in [0, 0.05) is 12.6 Å². The molecule has 5 atom stereocenters. The summed E-state index contributed by atoms with van der Waals surface area (Å²) in [4.78, 5) is 12.8. The number of hydrogen-bond donors (Lipinski definition) is 1. The molecule has 4 unspecified atom stereocenters. The fourth-order valence-corrected chi connectivity index (χ4v) is 7.65. The van der Waals surface area contributed by atoms with Crippen molar-refractivity contribution in [1.29, 1.82) is 5.26 Å². The van der Waals surface area contributed by atoms with Crippen LogP contribution in [0.15, 0.2) is 23.1 Å². The average molecular weight is 448 g/mol. The minimum absolute atomic E-state index is 0.0563. The van der Waals surface area contributed by atoms with E-state index in [1.54, 1.807) is 6.07 Å². The minimum atomic E-state index is -4.18. The summed E-state index contributed by atoms with van der Waals surface area (Å²) in [6.45, 7) is 2.35. The highest BCUT2D eigenvalue weighted by molar-refractivity contribution is 7.89. The van der Waals surface area contributed by atoms with Crippen LogP contribution in [-0.4, -0.2) is 37.3 Å². The Balaban J connectivity index is 1.54. The molecular weight excluding hydrogens is 417 g/mol. The Morgan fingerprint density at radius 2 is 2.06 bits per heavy atom. The van der Waals surface area contributed by atoms with Gasteiger partial charge in [0.25, 0.3) is 0 Å². The van der Waals surface area contributed by atoms with Crippen molar-refractivity contribution in [3.63, 3.8) is 0 Å². The monoisotopic (exact) mass is 447 g/mol. The molecule has 168 valence electrons. The third kappa shape index (κ3) is 4.22. The Morgan fingerprint density at radius 3 is 2.77 bits per heavy atom. The first-order chi connectivity index (χ1) is 14.8. The fourth-order valence-electron chi connectivity index (χ4n) is 5.95. The number of nitrogens with zero attached hydrogens (tertiary/aromatic N) is 2. The van der Waals surface area contributed by atoms with Crippen molar-refractivity contribution >= 4 is 15.9 Å². The van der Waals surface area contributed by atoms with Crippen molar-refractivity contribution in [3.8, 4) is 6.07 Å². The number of amides is 1. The van der Waals surface area contributed by atoms with Crippen molar-refractivity contribution in [1.82, 2.24) is 9.62 Å². The predicted octanol–water partition coefficient (Wildman–Crippen LogP) is 3.57. The van der Waals surface area contributed by atoms with Crippen molar-refractivity contribution in [2.24, 2.45) is 17.8 Å². The third-order valence-corrected chi connectivity index (χ3v) is 9.40. The Kier molecular flexibility index (Phi) is 6.36. The molecule has 1 aliphatic heterocycles. The molecule has 1 aromatic carbocycles. The van der Waals surface area contributed by atoms with Gasteiger partial charge in [0.15, 0.2) is 0 Å². The Bertz CT molecular complexity index is 988. The topological polar surface area (TPSA) is 90.3 Å². The van der Waals surface area contributed by atoms with Gasteiger partial charge < -0.3 is 5.32 Å². The standard InChI is InChI=1S/C23H30FN3O3S/c1-2-17-11-15-5-3-6-18(12-15)22(17)26-23(28)20-7-4-10-27(20)31(29,30)21-9-8-16(14-25)13-19(21)24/h8-9,13,15,17-18,20,22H,2-7,10-12H2,1H3,(H,26,28)/t15?,17?,18?,20-,22?/m1/s1. The summed E-state index contributed by atoms with van der Waals surface area (Å²) in [5, 5.41) is 12.1. The molecular formula is C23H30FN3O3S. The highest BCUT2D eigenvalue weighted by Crippen LogP contribution is 2.44. The maximum Gasteiger partial charge on any atom is 0.246 e. The molecule has 6 nitrogen and oxygen atoms in total. The zero-order chi connectivity index (χ0) is 22.2. The molecule has 4 rings (SSSR count). The molecule has 0 radical (unpaired) electrons. The first kappa shape index (κ1) is 22.2. The van der Waals surface area contributed by atoms with E-state index in [4.69, 9.17) is 5.26 Å². The zero-order valence-electron chi connectivity index (χ0n) is 17.9. The molecule has 3 fully saturated rings. The molecule has 1 N–H and O–H groups in total. The number of rotatable bonds is 5. The molecule has 1 amide bonds. The number of benzene rings is 1. The van der Waals surface area contributed by atoms with Gasteiger partial charge in [-0.05, 0) is 68.1 Å². The summed E-state index contributed by atoms with van der Waals surface area (Å²) in [7, 11) is -4.18. The van der Waals surface area contributed by atoms with E-state index in [2.05, 4.69) is 12.2 Å². The van der Waals surface area contributed by atoms with Crippen molar-refractivity contribution in [3.05, 3.63) is 29.6 Å². The van der Waals surface area contributed by atoms with E-state index < -0.39 is 26.8 Å². The number of sulfonamides is 1. The lowest BCUT2D eigenvalue weighted by Crippen LogP contribution is -2.55. The van der Waals surface area contributed by atoms with Crippen LogP contribution in [0.4, 0.5) is 4.39 Å².